The lowest BCUT2D eigenvalue weighted by molar-refractivity contribution is -0.120. The smallest absolute Gasteiger partial charge is 0.264 e. The Bertz CT molecular complexity index is 944. The van der Waals surface area contributed by atoms with Crippen molar-refractivity contribution in [3.8, 4) is 5.75 Å². The van der Waals surface area contributed by atoms with E-state index in [1.165, 1.54) is 11.8 Å². The number of carbonyl (C=O) groups excluding carboxylic acids is 1. The van der Waals surface area contributed by atoms with Gasteiger partial charge in [-0.3, -0.25) is 9.10 Å². The van der Waals surface area contributed by atoms with Crippen LogP contribution < -0.4 is 14.4 Å². The molecule has 164 valence electrons. The van der Waals surface area contributed by atoms with Crippen molar-refractivity contribution >= 4 is 33.4 Å². The van der Waals surface area contributed by atoms with Crippen molar-refractivity contribution in [1.82, 2.24) is 5.32 Å². The van der Waals surface area contributed by atoms with E-state index in [0.29, 0.717) is 18.0 Å². The Morgan fingerprint density at radius 1 is 1.10 bits per heavy atom. The van der Waals surface area contributed by atoms with Crippen LogP contribution in [0.1, 0.15) is 27.7 Å². The molecule has 2 aromatic carbocycles. The Labute approximate surface area is 184 Å². The van der Waals surface area contributed by atoms with Crippen LogP contribution >= 0.6 is 11.8 Å². The normalized spacial score (nSPS) is 12.5. The highest BCUT2D eigenvalue weighted by Gasteiger charge is 2.30. The molecule has 0 aromatic heterocycles. The molecule has 0 spiro atoms. The second kappa shape index (κ2) is 10.7. The average Bonchev–Trinajstić information content (AvgIpc) is 2.72. The van der Waals surface area contributed by atoms with E-state index >= 15 is 0 Å². The van der Waals surface area contributed by atoms with Crippen molar-refractivity contribution in [3.63, 3.8) is 0 Å². The molecule has 2 aromatic rings. The molecule has 0 aliphatic rings. The van der Waals surface area contributed by atoms with Crippen LogP contribution in [0.25, 0.3) is 0 Å². The number of hydrogen-bond donors (Lipinski definition) is 1. The molecule has 0 aliphatic carbocycles. The zero-order valence-corrected chi connectivity index (χ0v) is 19.7. The van der Waals surface area contributed by atoms with Crippen molar-refractivity contribution in [2.24, 2.45) is 5.92 Å². The van der Waals surface area contributed by atoms with Gasteiger partial charge in [-0.2, -0.15) is 0 Å². The fraction of sp³-hybridized carbons (Fsp3) is 0.409. The molecule has 1 atom stereocenters. The number of nitrogens with zero attached hydrogens (tertiary/aromatic N) is 1. The minimum atomic E-state index is -3.99. The lowest BCUT2D eigenvalue weighted by Gasteiger charge is -2.27. The number of benzene rings is 2. The minimum absolute atomic E-state index is 0.0787. The Kier molecular flexibility index (Phi) is 8.61. The van der Waals surface area contributed by atoms with Crippen molar-refractivity contribution in [2.75, 3.05) is 23.7 Å². The molecular formula is C22H30N2O4S2. The number of rotatable bonds is 10. The summed E-state index contributed by atoms with van der Waals surface area (Å²) in [6.45, 7) is 7.76. The van der Waals surface area contributed by atoms with Crippen molar-refractivity contribution in [2.45, 2.75) is 43.5 Å². The molecule has 8 heteroatoms. The number of hydrogen-bond acceptors (Lipinski definition) is 5. The van der Waals surface area contributed by atoms with Gasteiger partial charge in [-0.1, -0.05) is 26.0 Å². The van der Waals surface area contributed by atoms with Crippen LogP contribution in [0.5, 0.6) is 5.75 Å². The summed E-state index contributed by atoms with van der Waals surface area (Å²) in [5, 5.41) is 2.88. The van der Waals surface area contributed by atoms with Crippen LogP contribution in [0.4, 0.5) is 5.69 Å². The van der Waals surface area contributed by atoms with Gasteiger partial charge in [0.2, 0.25) is 5.91 Å². The van der Waals surface area contributed by atoms with Crippen molar-refractivity contribution < 1.29 is 17.9 Å². The molecule has 2 rings (SSSR count). The summed E-state index contributed by atoms with van der Waals surface area (Å²) in [4.78, 5) is 13.8. The largest absolute Gasteiger partial charge is 0.492 e. The average molecular weight is 451 g/mol. The topological polar surface area (TPSA) is 75.7 Å². The summed E-state index contributed by atoms with van der Waals surface area (Å²) in [7, 11) is -3.99. The molecule has 0 unspecified atom stereocenters. The van der Waals surface area contributed by atoms with E-state index in [2.05, 4.69) is 5.32 Å². The number of thioether (sulfide) groups is 1. The third-order valence-corrected chi connectivity index (χ3v) is 7.27. The summed E-state index contributed by atoms with van der Waals surface area (Å²) in [5.74, 6) is 0.273. The Hall–Kier alpha value is -2.19. The van der Waals surface area contributed by atoms with Crippen LogP contribution in [0.2, 0.25) is 0 Å². The first-order valence-electron chi connectivity index (χ1n) is 9.88. The van der Waals surface area contributed by atoms with Gasteiger partial charge >= 0.3 is 0 Å². The van der Waals surface area contributed by atoms with Gasteiger partial charge in [-0.05, 0) is 62.4 Å². The molecule has 0 radical (unpaired) electrons. The van der Waals surface area contributed by atoms with Gasteiger partial charge in [0.05, 0.1) is 17.2 Å². The van der Waals surface area contributed by atoms with Gasteiger partial charge in [0.1, 0.15) is 12.3 Å². The van der Waals surface area contributed by atoms with E-state index in [4.69, 9.17) is 4.74 Å². The number of amides is 1. The fourth-order valence-corrected chi connectivity index (χ4v) is 4.55. The van der Waals surface area contributed by atoms with Gasteiger partial charge in [0.15, 0.2) is 0 Å². The monoisotopic (exact) mass is 450 g/mol. The first-order valence-corrected chi connectivity index (χ1v) is 12.5. The number of ether oxygens (including phenoxy) is 1. The summed E-state index contributed by atoms with van der Waals surface area (Å²) in [6.07, 6.45) is 1.92. The molecule has 0 saturated heterocycles. The van der Waals surface area contributed by atoms with Crippen LogP contribution in [-0.2, 0) is 14.8 Å². The quantitative estimate of drug-likeness (QED) is 0.550. The summed E-state index contributed by atoms with van der Waals surface area (Å²) in [6, 6.07) is 13.4. The second-order valence-electron chi connectivity index (χ2n) is 7.19. The predicted octanol–water partition coefficient (Wildman–Crippen LogP) is 4.16. The van der Waals surface area contributed by atoms with Crippen molar-refractivity contribution in [1.29, 1.82) is 0 Å². The van der Waals surface area contributed by atoms with Gasteiger partial charge in [-0.15, -0.1) is 11.8 Å². The maximum Gasteiger partial charge on any atom is 0.264 e. The molecule has 0 aliphatic heterocycles. The molecule has 0 heterocycles. The maximum atomic E-state index is 13.5. The summed E-state index contributed by atoms with van der Waals surface area (Å²) >= 11 is 1.53. The van der Waals surface area contributed by atoms with Crippen molar-refractivity contribution in [3.05, 3.63) is 48.5 Å². The predicted molar refractivity (Wildman–Crippen MR) is 123 cm³/mol. The second-order valence-corrected chi connectivity index (χ2v) is 9.93. The van der Waals surface area contributed by atoms with E-state index in [1.807, 2.05) is 34.0 Å². The van der Waals surface area contributed by atoms with Gasteiger partial charge < -0.3 is 10.1 Å². The SMILES string of the molecule is CCOc1ccccc1N(CC(=O)N[C@@H](C)C(C)C)S(=O)(=O)c1ccc(SC)cc1. The van der Waals surface area contributed by atoms with Crippen LogP contribution in [-0.4, -0.2) is 39.8 Å². The maximum absolute atomic E-state index is 13.5. The lowest BCUT2D eigenvalue weighted by atomic mass is 10.1. The Balaban J connectivity index is 2.48. The number of para-hydroxylation sites is 2. The van der Waals surface area contributed by atoms with Gasteiger partial charge in [0, 0.05) is 10.9 Å². The number of carbonyl (C=O) groups is 1. The molecule has 1 N–H and O–H groups in total. The lowest BCUT2D eigenvalue weighted by Crippen LogP contribution is -2.45. The van der Waals surface area contributed by atoms with E-state index < -0.39 is 10.0 Å². The highest BCUT2D eigenvalue weighted by molar-refractivity contribution is 7.98. The molecule has 30 heavy (non-hydrogen) atoms. The first kappa shape index (κ1) is 24.1. The Morgan fingerprint density at radius 3 is 2.30 bits per heavy atom. The van der Waals surface area contributed by atoms with E-state index in [-0.39, 0.29) is 29.3 Å². The van der Waals surface area contributed by atoms with Gasteiger partial charge in [0.25, 0.3) is 10.0 Å². The summed E-state index contributed by atoms with van der Waals surface area (Å²) in [5.41, 5.74) is 0.334. The number of nitrogens with one attached hydrogen (secondary N) is 1. The zero-order valence-electron chi connectivity index (χ0n) is 18.1. The zero-order chi connectivity index (χ0) is 22.3. The van der Waals surface area contributed by atoms with E-state index in [9.17, 15) is 13.2 Å². The van der Waals surface area contributed by atoms with Crippen LogP contribution in [0.15, 0.2) is 58.3 Å². The van der Waals surface area contributed by atoms with Gasteiger partial charge in [-0.25, -0.2) is 8.42 Å². The molecule has 0 bridgehead atoms. The molecule has 6 nitrogen and oxygen atoms in total. The van der Waals surface area contributed by atoms with E-state index in [1.54, 1.807) is 48.5 Å². The third-order valence-electron chi connectivity index (χ3n) is 4.76. The molecule has 1 amide bonds. The number of anilines is 1. The van der Waals surface area contributed by atoms with Crippen LogP contribution in [0.3, 0.4) is 0 Å². The molecule has 0 saturated carbocycles. The standard InChI is InChI=1S/C22H30N2O4S2/c1-6-28-21-10-8-7-9-20(21)24(15-22(25)23-17(4)16(2)3)30(26,27)19-13-11-18(29-5)12-14-19/h7-14,16-17H,6,15H2,1-5H3,(H,23,25)/t17-/m0/s1. The fourth-order valence-electron chi connectivity index (χ4n) is 2.71. The van der Waals surface area contributed by atoms with Crippen LogP contribution in [0, 0.1) is 5.92 Å². The summed E-state index contributed by atoms with van der Waals surface area (Å²) < 4.78 is 33.8. The number of sulfonamides is 1. The highest BCUT2D eigenvalue weighted by atomic mass is 32.2. The first-order chi connectivity index (χ1) is 14.2. The highest BCUT2D eigenvalue weighted by Crippen LogP contribution is 2.32. The minimum Gasteiger partial charge on any atom is -0.492 e. The molecular weight excluding hydrogens is 420 g/mol. The van der Waals surface area contributed by atoms with E-state index in [0.717, 1.165) is 9.20 Å². The Morgan fingerprint density at radius 2 is 1.73 bits per heavy atom. The third kappa shape index (κ3) is 5.92. The molecule has 0 fully saturated rings.